The summed E-state index contributed by atoms with van der Waals surface area (Å²) < 4.78 is 28.0. The van der Waals surface area contributed by atoms with Gasteiger partial charge in [-0.25, -0.2) is 23.1 Å². The number of nitrogens with one attached hydrogen (secondary N) is 1. The normalized spacial score (nSPS) is 11.8. The Bertz CT molecular complexity index is 716. The van der Waals surface area contributed by atoms with Crippen molar-refractivity contribution in [3.63, 3.8) is 0 Å². The van der Waals surface area contributed by atoms with Crippen LogP contribution in [0.5, 0.6) is 0 Å². The lowest BCUT2D eigenvalue weighted by Gasteiger charge is -2.06. The number of nitrogens with zero attached hydrogens (tertiary/aromatic N) is 4. The predicted octanol–water partition coefficient (Wildman–Crippen LogP) is 1.04. The molecular formula is C10H11Cl2N5O2S. The molecule has 2 rings (SSSR count). The van der Waals surface area contributed by atoms with Crippen molar-refractivity contribution in [3.05, 3.63) is 34.6 Å². The molecule has 0 aliphatic rings. The van der Waals surface area contributed by atoms with E-state index < -0.39 is 10.0 Å². The summed E-state index contributed by atoms with van der Waals surface area (Å²) in [4.78, 5) is 7.66. The van der Waals surface area contributed by atoms with Gasteiger partial charge in [-0.15, -0.1) is 0 Å². The smallest absolute Gasteiger partial charge is 0.242 e. The van der Waals surface area contributed by atoms with Crippen LogP contribution in [0.2, 0.25) is 10.2 Å². The van der Waals surface area contributed by atoms with Crippen molar-refractivity contribution < 1.29 is 8.42 Å². The summed E-state index contributed by atoms with van der Waals surface area (Å²) in [5.74, 6) is 0.558. The van der Waals surface area contributed by atoms with Crippen LogP contribution < -0.4 is 4.72 Å². The van der Waals surface area contributed by atoms with E-state index in [1.165, 1.54) is 6.07 Å². The lowest BCUT2D eigenvalue weighted by molar-refractivity contribution is 0.580. The molecule has 10 heteroatoms. The predicted molar refractivity (Wildman–Crippen MR) is 74.2 cm³/mol. The fourth-order valence-corrected chi connectivity index (χ4v) is 2.77. The monoisotopic (exact) mass is 335 g/mol. The van der Waals surface area contributed by atoms with Gasteiger partial charge in [-0.05, 0) is 6.07 Å². The van der Waals surface area contributed by atoms with Crippen LogP contribution in [-0.4, -0.2) is 34.7 Å². The van der Waals surface area contributed by atoms with Gasteiger partial charge in [0, 0.05) is 26.2 Å². The van der Waals surface area contributed by atoms with E-state index in [1.54, 1.807) is 18.1 Å². The molecule has 0 saturated heterocycles. The number of hydrogen-bond acceptors (Lipinski definition) is 5. The van der Waals surface area contributed by atoms with Gasteiger partial charge in [0.05, 0.1) is 5.02 Å². The topological polar surface area (TPSA) is 89.8 Å². The standard InChI is InChI=1S/C10H11Cl2N5O2S/c1-17-6-14-9(16-17)2-3-15-20(18,19)7-4-8(11)10(12)13-5-7/h4-6,15H,2-3H2,1H3. The molecule has 0 unspecified atom stereocenters. The van der Waals surface area contributed by atoms with E-state index in [9.17, 15) is 8.42 Å². The highest BCUT2D eigenvalue weighted by Gasteiger charge is 2.16. The molecule has 0 atom stereocenters. The molecule has 0 saturated carbocycles. The van der Waals surface area contributed by atoms with E-state index in [4.69, 9.17) is 23.2 Å². The first-order valence-corrected chi connectivity index (χ1v) is 7.77. The highest BCUT2D eigenvalue weighted by atomic mass is 35.5. The Hall–Kier alpha value is -1.22. The maximum Gasteiger partial charge on any atom is 0.242 e. The van der Waals surface area contributed by atoms with E-state index >= 15 is 0 Å². The van der Waals surface area contributed by atoms with Crippen LogP contribution in [-0.2, 0) is 23.5 Å². The Morgan fingerprint density at radius 2 is 2.10 bits per heavy atom. The van der Waals surface area contributed by atoms with E-state index in [1.807, 2.05) is 0 Å². The molecule has 0 fully saturated rings. The van der Waals surface area contributed by atoms with Crippen LogP contribution in [0.25, 0.3) is 0 Å². The fourth-order valence-electron chi connectivity index (χ4n) is 1.43. The van der Waals surface area contributed by atoms with Crippen LogP contribution in [0.4, 0.5) is 0 Å². The number of halogens is 2. The van der Waals surface area contributed by atoms with Crippen molar-refractivity contribution >= 4 is 33.2 Å². The number of aryl methyl sites for hydroxylation is 1. The Balaban J connectivity index is 2.02. The van der Waals surface area contributed by atoms with Gasteiger partial charge in [-0.2, -0.15) is 5.10 Å². The van der Waals surface area contributed by atoms with Crippen LogP contribution in [0.3, 0.4) is 0 Å². The van der Waals surface area contributed by atoms with Gasteiger partial charge in [-0.3, -0.25) is 4.68 Å². The van der Waals surface area contributed by atoms with Crippen LogP contribution in [0.1, 0.15) is 5.82 Å². The van der Waals surface area contributed by atoms with Gasteiger partial charge in [0.1, 0.15) is 16.4 Å². The second kappa shape index (κ2) is 6.04. The van der Waals surface area contributed by atoms with Gasteiger partial charge in [-0.1, -0.05) is 23.2 Å². The number of rotatable bonds is 5. The first-order chi connectivity index (χ1) is 9.38. The summed E-state index contributed by atoms with van der Waals surface area (Å²) in [6, 6.07) is 1.25. The Morgan fingerprint density at radius 3 is 2.70 bits per heavy atom. The number of sulfonamides is 1. The molecule has 0 bridgehead atoms. The quantitative estimate of drug-likeness (QED) is 0.824. The summed E-state index contributed by atoms with van der Waals surface area (Å²) in [5.41, 5.74) is 0. The third-order valence-corrected chi connectivity index (χ3v) is 4.48. The highest BCUT2D eigenvalue weighted by Crippen LogP contribution is 2.21. The van der Waals surface area contributed by atoms with Crippen molar-refractivity contribution in [1.29, 1.82) is 0 Å². The third-order valence-electron chi connectivity index (χ3n) is 2.37. The van der Waals surface area contributed by atoms with Crippen molar-refractivity contribution in [2.24, 2.45) is 7.05 Å². The molecule has 7 nitrogen and oxygen atoms in total. The van der Waals surface area contributed by atoms with Gasteiger partial charge in [0.15, 0.2) is 5.82 Å². The fraction of sp³-hybridized carbons (Fsp3) is 0.300. The average Bonchev–Trinajstić information content (AvgIpc) is 2.78. The minimum atomic E-state index is -3.68. The number of pyridine rings is 1. The molecular weight excluding hydrogens is 325 g/mol. The van der Waals surface area contributed by atoms with E-state index in [0.717, 1.165) is 6.20 Å². The molecule has 0 aliphatic heterocycles. The SMILES string of the molecule is Cn1cnc(CCNS(=O)(=O)c2cnc(Cl)c(Cl)c2)n1. The lowest BCUT2D eigenvalue weighted by atomic mass is 10.4. The van der Waals surface area contributed by atoms with Crippen molar-refractivity contribution in [1.82, 2.24) is 24.5 Å². The van der Waals surface area contributed by atoms with Crippen molar-refractivity contribution in [2.45, 2.75) is 11.3 Å². The molecule has 1 N–H and O–H groups in total. The molecule has 2 heterocycles. The average molecular weight is 336 g/mol. The summed E-state index contributed by atoms with van der Waals surface area (Å²) in [5, 5.41) is 4.19. The Labute approximate surface area is 126 Å². The van der Waals surface area contributed by atoms with Crippen LogP contribution in [0, 0.1) is 0 Å². The summed E-state index contributed by atoms with van der Waals surface area (Å²) in [6.07, 6.45) is 3.08. The maximum atomic E-state index is 12.0. The van der Waals surface area contributed by atoms with Crippen LogP contribution in [0.15, 0.2) is 23.5 Å². The summed E-state index contributed by atoms with van der Waals surface area (Å²) >= 11 is 11.4. The summed E-state index contributed by atoms with van der Waals surface area (Å²) in [7, 11) is -1.94. The molecule has 2 aromatic heterocycles. The van der Waals surface area contributed by atoms with Crippen molar-refractivity contribution in [2.75, 3.05) is 6.54 Å². The molecule has 0 spiro atoms. The summed E-state index contributed by atoms with van der Waals surface area (Å²) in [6.45, 7) is 0.173. The van der Waals surface area contributed by atoms with Gasteiger partial charge >= 0.3 is 0 Å². The van der Waals surface area contributed by atoms with Gasteiger partial charge in [0.2, 0.25) is 10.0 Å². The largest absolute Gasteiger partial charge is 0.256 e. The van der Waals surface area contributed by atoms with Gasteiger partial charge in [0.25, 0.3) is 0 Å². The van der Waals surface area contributed by atoms with E-state index in [0.29, 0.717) is 12.2 Å². The molecule has 0 radical (unpaired) electrons. The molecule has 0 aromatic carbocycles. The number of hydrogen-bond donors (Lipinski definition) is 1. The molecule has 0 amide bonds. The lowest BCUT2D eigenvalue weighted by Crippen LogP contribution is -2.26. The molecule has 2 aromatic rings. The zero-order valence-corrected chi connectivity index (χ0v) is 12.7. The molecule has 108 valence electrons. The molecule has 0 aliphatic carbocycles. The van der Waals surface area contributed by atoms with Crippen molar-refractivity contribution in [3.8, 4) is 0 Å². The zero-order valence-electron chi connectivity index (χ0n) is 10.4. The Morgan fingerprint density at radius 1 is 1.35 bits per heavy atom. The minimum Gasteiger partial charge on any atom is -0.256 e. The highest BCUT2D eigenvalue weighted by molar-refractivity contribution is 7.89. The van der Waals surface area contributed by atoms with Crippen LogP contribution >= 0.6 is 23.2 Å². The Kier molecular flexibility index (Phi) is 4.59. The minimum absolute atomic E-state index is 0.0409. The first-order valence-electron chi connectivity index (χ1n) is 5.54. The maximum absolute atomic E-state index is 12.0. The molecule has 20 heavy (non-hydrogen) atoms. The second-order valence-electron chi connectivity index (χ2n) is 3.93. The first kappa shape index (κ1) is 15.2. The number of aromatic nitrogens is 4. The van der Waals surface area contributed by atoms with Gasteiger partial charge < -0.3 is 0 Å². The zero-order chi connectivity index (χ0) is 14.8. The second-order valence-corrected chi connectivity index (χ2v) is 6.46. The third kappa shape index (κ3) is 3.66. The van der Waals surface area contributed by atoms with E-state index in [2.05, 4.69) is 19.8 Å². The van der Waals surface area contributed by atoms with E-state index in [-0.39, 0.29) is 21.6 Å².